The zero-order valence-electron chi connectivity index (χ0n) is 15.9. The highest BCUT2D eigenvalue weighted by Gasteiger charge is 2.24. The Morgan fingerprint density at radius 2 is 1.86 bits per heavy atom. The lowest BCUT2D eigenvalue weighted by molar-refractivity contribution is -0.121. The molecule has 150 valence electrons. The smallest absolute Gasteiger partial charge is 0.358 e. The number of carboxylic acid groups (broad SMARTS) is 1. The number of benzene rings is 1. The van der Waals surface area contributed by atoms with Crippen molar-refractivity contribution in [1.82, 2.24) is 10.3 Å². The SMILES string of the molecule is C=CCCC(=O)NCc1nc(C(=O)O)c(-c2cc(OC)c(OC)c(OC)c2)o1. The van der Waals surface area contributed by atoms with Gasteiger partial charge in [-0.15, -0.1) is 6.58 Å². The molecule has 9 nitrogen and oxygen atoms in total. The Kier molecular flexibility index (Phi) is 7.02. The Bertz CT molecular complexity index is 848. The first-order valence-electron chi connectivity index (χ1n) is 8.36. The Morgan fingerprint density at radius 1 is 1.21 bits per heavy atom. The summed E-state index contributed by atoms with van der Waals surface area (Å²) in [6.07, 6.45) is 2.44. The van der Waals surface area contributed by atoms with E-state index >= 15 is 0 Å². The highest BCUT2D eigenvalue weighted by Crippen LogP contribution is 2.42. The molecule has 1 aromatic carbocycles. The number of methoxy groups -OCH3 is 3. The van der Waals surface area contributed by atoms with Gasteiger partial charge in [-0.2, -0.15) is 0 Å². The van der Waals surface area contributed by atoms with Crippen molar-refractivity contribution in [3.8, 4) is 28.6 Å². The highest BCUT2D eigenvalue weighted by atomic mass is 16.5. The minimum Gasteiger partial charge on any atom is -0.493 e. The standard InChI is InChI=1S/C19H22N2O7/c1-5-6-7-14(22)20-10-15-21-16(19(23)24)17(28-15)11-8-12(25-2)18(27-4)13(9-11)26-3/h5,8-9H,1,6-7,10H2,2-4H3,(H,20,22)(H,23,24). The van der Waals surface area contributed by atoms with Gasteiger partial charge in [0.1, 0.15) is 0 Å². The third kappa shape index (κ3) is 4.61. The molecule has 2 N–H and O–H groups in total. The molecule has 1 heterocycles. The molecule has 9 heteroatoms. The fraction of sp³-hybridized carbons (Fsp3) is 0.316. The maximum absolute atomic E-state index is 11.7. The average molecular weight is 390 g/mol. The molecule has 0 saturated heterocycles. The van der Waals surface area contributed by atoms with Crippen LogP contribution in [0.15, 0.2) is 29.2 Å². The van der Waals surface area contributed by atoms with Crippen molar-refractivity contribution in [3.63, 3.8) is 0 Å². The summed E-state index contributed by atoms with van der Waals surface area (Å²) in [5, 5.41) is 12.1. The van der Waals surface area contributed by atoms with Crippen LogP contribution < -0.4 is 19.5 Å². The second kappa shape index (κ2) is 9.45. The van der Waals surface area contributed by atoms with E-state index in [1.165, 1.54) is 21.3 Å². The quantitative estimate of drug-likeness (QED) is 0.594. The maximum Gasteiger partial charge on any atom is 0.358 e. The number of carbonyl (C=O) groups is 2. The number of nitrogens with zero attached hydrogens (tertiary/aromatic N) is 1. The molecule has 0 spiro atoms. The Balaban J connectivity index is 2.39. The monoisotopic (exact) mass is 390 g/mol. The lowest BCUT2D eigenvalue weighted by Crippen LogP contribution is -2.22. The molecule has 0 radical (unpaired) electrons. The summed E-state index contributed by atoms with van der Waals surface area (Å²) in [5.41, 5.74) is 0.0910. The highest BCUT2D eigenvalue weighted by molar-refractivity contribution is 5.92. The molecule has 0 aliphatic heterocycles. The van der Waals surface area contributed by atoms with Crippen molar-refractivity contribution in [2.45, 2.75) is 19.4 Å². The fourth-order valence-corrected chi connectivity index (χ4v) is 2.49. The van der Waals surface area contributed by atoms with Crippen LogP contribution in [0.3, 0.4) is 0 Å². The third-order valence-electron chi connectivity index (χ3n) is 3.81. The Hall–Kier alpha value is -3.49. The average Bonchev–Trinajstić information content (AvgIpc) is 3.14. The number of aromatic nitrogens is 1. The van der Waals surface area contributed by atoms with Crippen LogP contribution in [-0.2, 0) is 11.3 Å². The van der Waals surface area contributed by atoms with Gasteiger partial charge in [0.2, 0.25) is 17.5 Å². The van der Waals surface area contributed by atoms with E-state index in [1.54, 1.807) is 18.2 Å². The summed E-state index contributed by atoms with van der Waals surface area (Å²) in [6, 6.07) is 3.11. The molecule has 0 aliphatic rings. The van der Waals surface area contributed by atoms with E-state index in [4.69, 9.17) is 18.6 Å². The predicted molar refractivity (Wildman–Crippen MR) is 99.8 cm³/mol. The summed E-state index contributed by atoms with van der Waals surface area (Å²) < 4.78 is 21.4. The van der Waals surface area contributed by atoms with Crippen LogP contribution >= 0.6 is 0 Å². The van der Waals surface area contributed by atoms with Crippen LogP contribution in [0.5, 0.6) is 17.2 Å². The number of oxazole rings is 1. The molecule has 1 amide bonds. The molecule has 28 heavy (non-hydrogen) atoms. The van der Waals surface area contributed by atoms with Crippen molar-refractivity contribution in [2.75, 3.05) is 21.3 Å². The molecule has 2 aromatic rings. The molecular weight excluding hydrogens is 368 g/mol. The zero-order chi connectivity index (χ0) is 20.7. The summed E-state index contributed by atoms with van der Waals surface area (Å²) in [6.45, 7) is 3.51. The van der Waals surface area contributed by atoms with Crippen LogP contribution in [0.1, 0.15) is 29.2 Å². The maximum atomic E-state index is 11.7. The Labute approximate surface area is 161 Å². The van der Waals surface area contributed by atoms with E-state index in [-0.39, 0.29) is 36.2 Å². The van der Waals surface area contributed by atoms with E-state index in [9.17, 15) is 14.7 Å². The first-order valence-corrected chi connectivity index (χ1v) is 8.36. The van der Waals surface area contributed by atoms with Gasteiger partial charge in [0.25, 0.3) is 0 Å². The van der Waals surface area contributed by atoms with Crippen molar-refractivity contribution in [2.24, 2.45) is 0 Å². The van der Waals surface area contributed by atoms with Crippen LogP contribution in [0.2, 0.25) is 0 Å². The summed E-state index contributed by atoms with van der Waals surface area (Å²) >= 11 is 0. The number of carboxylic acids is 1. The number of carbonyl (C=O) groups excluding carboxylic acids is 1. The van der Waals surface area contributed by atoms with Crippen LogP contribution in [-0.4, -0.2) is 43.3 Å². The van der Waals surface area contributed by atoms with Gasteiger partial charge < -0.3 is 29.1 Å². The van der Waals surface area contributed by atoms with E-state index in [2.05, 4.69) is 16.9 Å². The lowest BCUT2D eigenvalue weighted by atomic mass is 10.1. The minimum absolute atomic E-state index is 0.0158. The van der Waals surface area contributed by atoms with Gasteiger partial charge in [-0.05, 0) is 18.6 Å². The largest absolute Gasteiger partial charge is 0.493 e. The van der Waals surface area contributed by atoms with E-state index < -0.39 is 5.97 Å². The number of nitrogens with one attached hydrogen (secondary N) is 1. The number of aromatic carboxylic acids is 1. The molecule has 0 aliphatic carbocycles. The van der Waals surface area contributed by atoms with Crippen molar-refractivity contribution < 1.29 is 33.3 Å². The van der Waals surface area contributed by atoms with E-state index in [0.29, 0.717) is 29.2 Å². The van der Waals surface area contributed by atoms with Gasteiger partial charge in [-0.25, -0.2) is 9.78 Å². The van der Waals surface area contributed by atoms with Crippen molar-refractivity contribution >= 4 is 11.9 Å². The molecule has 1 aromatic heterocycles. The molecular formula is C19H22N2O7. The van der Waals surface area contributed by atoms with Gasteiger partial charge in [-0.1, -0.05) is 6.08 Å². The number of allylic oxidation sites excluding steroid dienone is 1. The first-order chi connectivity index (χ1) is 13.4. The van der Waals surface area contributed by atoms with Crippen LogP contribution in [0.4, 0.5) is 0 Å². The number of ether oxygens (including phenoxy) is 3. The second-order valence-corrected chi connectivity index (χ2v) is 5.61. The summed E-state index contributed by atoms with van der Waals surface area (Å²) in [7, 11) is 4.36. The van der Waals surface area contributed by atoms with Gasteiger partial charge in [0.15, 0.2) is 23.0 Å². The van der Waals surface area contributed by atoms with Crippen molar-refractivity contribution in [1.29, 1.82) is 0 Å². The van der Waals surface area contributed by atoms with Crippen molar-refractivity contribution in [3.05, 3.63) is 36.4 Å². The summed E-state index contributed by atoms with van der Waals surface area (Å²) in [5.74, 6) is -0.371. The number of rotatable bonds is 10. The van der Waals surface area contributed by atoms with E-state index in [1.807, 2.05) is 0 Å². The predicted octanol–water partition coefficient (Wildman–Crippen LogP) is 2.65. The number of hydrogen-bond acceptors (Lipinski definition) is 7. The number of amides is 1. The molecule has 2 rings (SSSR count). The zero-order valence-corrected chi connectivity index (χ0v) is 15.9. The second-order valence-electron chi connectivity index (χ2n) is 5.61. The van der Waals surface area contributed by atoms with Gasteiger partial charge in [0, 0.05) is 12.0 Å². The fourth-order valence-electron chi connectivity index (χ4n) is 2.49. The first kappa shape index (κ1) is 20.8. The molecule has 0 saturated carbocycles. The third-order valence-corrected chi connectivity index (χ3v) is 3.81. The normalized spacial score (nSPS) is 10.2. The minimum atomic E-state index is -1.27. The molecule has 0 bridgehead atoms. The molecule has 0 unspecified atom stereocenters. The molecule has 0 fully saturated rings. The lowest BCUT2D eigenvalue weighted by Gasteiger charge is -2.13. The molecule has 0 atom stereocenters. The van der Waals surface area contributed by atoms with Crippen LogP contribution in [0.25, 0.3) is 11.3 Å². The van der Waals surface area contributed by atoms with Gasteiger partial charge in [-0.3, -0.25) is 4.79 Å². The van der Waals surface area contributed by atoms with Crippen LogP contribution in [0, 0.1) is 0 Å². The number of hydrogen-bond donors (Lipinski definition) is 2. The van der Waals surface area contributed by atoms with Gasteiger partial charge in [0.05, 0.1) is 27.9 Å². The van der Waals surface area contributed by atoms with E-state index in [0.717, 1.165) is 0 Å². The Morgan fingerprint density at radius 3 is 2.36 bits per heavy atom. The topological polar surface area (TPSA) is 120 Å². The summed E-state index contributed by atoms with van der Waals surface area (Å²) in [4.78, 5) is 27.3. The van der Waals surface area contributed by atoms with Gasteiger partial charge >= 0.3 is 5.97 Å².